The van der Waals surface area contributed by atoms with Crippen molar-refractivity contribution in [2.75, 3.05) is 0 Å². The van der Waals surface area contributed by atoms with Crippen molar-refractivity contribution >= 4 is 35.3 Å². The molecule has 0 saturated heterocycles. The van der Waals surface area contributed by atoms with Gasteiger partial charge in [0.25, 0.3) is 0 Å². The SMILES string of the molecule is CCCCCCCC(=O)N/N=C\c1ccc(Cl)cc1Cl. The predicted molar refractivity (Wildman–Crippen MR) is 85.6 cm³/mol. The lowest BCUT2D eigenvalue weighted by molar-refractivity contribution is -0.121. The van der Waals surface area contributed by atoms with E-state index in [1.807, 2.05) is 0 Å². The molecule has 1 N–H and O–H groups in total. The first-order valence-corrected chi connectivity index (χ1v) is 7.66. The Hall–Kier alpha value is -1.06. The third-order valence-electron chi connectivity index (χ3n) is 2.86. The van der Waals surface area contributed by atoms with Crippen LogP contribution in [0.15, 0.2) is 23.3 Å². The Labute approximate surface area is 130 Å². The molecule has 3 nitrogen and oxygen atoms in total. The van der Waals surface area contributed by atoms with E-state index in [0.717, 1.165) is 18.4 Å². The Morgan fingerprint density at radius 1 is 1.25 bits per heavy atom. The first-order chi connectivity index (χ1) is 9.63. The lowest BCUT2D eigenvalue weighted by atomic mass is 10.1. The third kappa shape index (κ3) is 6.92. The molecule has 0 heterocycles. The fourth-order valence-corrected chi connectivity index (χ4v) is 2.18. The standard InChI is InChI=1S/C15H20Cl2N2O/c1-2-3-4-5-6-7-15(20)19-18-11-12-8-9-13(16)10-14(12)17/h8-11H,2-7H2,1H3,(H,19,20)/b18-11-. The number of hydrogen-bond donors (Lipinski definition) is 1. The molecular weight excluding hydrogens is 295 g/mol. The molecule has 0 saturated carbocycles. The molecule has 0 aromatic heterocycles. The average Bonchev–Trinajstić information content (AvgIpc) is 2.41. The van der Waals surface area contributed by atoms with E-state index in [2.05, 4.69) is 17.5 Å². The van der Waals surface area contributed by atoms with Gasteiger partial charge in [0.1, 0.15) is 0 Å². The van der Waals surface area contributed by atoms with E-state index in [9.17, 15) is 4.79 Å². The lowest BCUT2D eigenvalue weighted by Crippen LogP contribution is -2.16. The molecule has 0 spiro atoms. The maximum Gasteiger partial charge on any atom is 0.240 e. The first kappa shape index (κ1) is 17.0. The van der Waals surface area contributed by atoms with Crippen LogP contribution in [0, 0.1) is 0 Å². The topological polar surface area (TPSA) is 41.5 Å². The summed E-state index contributed by atoms with van der Waals surface area (Å²) in [5.74, 6) is -0.0668. The molecule has 0 radical (unpaired) electrons. The number of hydrogen-bond acceptors (Lipinski definition) is 2. The van der Waals surface area contributed by atoms with Gasteiger partial charge in [-0.1, -0.05) is 61.9 Å². The number of hydrazone groups is 1. The van der Waals surface area contributed by atoms with Crippen LogP contribution in [0.2, 0.25) is 10.0 Å². The van der Waals surface area contributed by atoms with Crippen molar-refractivity contribution in [1.82, 2.24) is 5.43 Å². The van der Waals surface area contributed by atoms with Gasteiger partial charge in [-0.25, -0.2) is 5.43 Å². The van der Waals surface area contributed by atoms with Crippen molar-refractivity contribution in [1.29, 1.82) is 0 Å². The summed E-state index contributed by atoms with van der Waals surface area (Å²) in [7, 11) is 0. The van der Waals surface area contributed by atoms with E-state index in [1.54, 1.807) is 18.2 Å². The van der Waals surface area contributed by atoms with Crippen LogP contribution in [0.4, 0.5) is 0 Å². The summed E-state index contributed by atoms with van der Waals surface area (Å²) in [4.78, 5) is 11.5. The van der Waals surface area contributed by atoms with Gasteiger partial charge in [-0.05, 0) is 18.6 Å². The zero-order valence-corrected chi connectivity index (χ0v) is 13.2. The van der Waals surface area contributed by atoms with Crippen molar-refractivity contribution in [2.24, 2.45) is 5.10 Å². The summed E-state index contributed by atoms with van der Waals surface area (Å²) in [5, 5.41) is 4.98. The van der Waals surface area contributed by atoms with Crippen LogP contribution in [0.5, 0.6) is 0 Å². The molecule has 20 heavy (non-hydrogen) atoms. The van der Waals surface area contributed by atoms with Gasteiger partial charge in [-0.15, -0.1) is 0 Å². The van der Waals surface area contributed by atoms with Gasteiger partial charge < -0.3 is 0 Å². The molecule has 0 aliphatic rings. The zero-order valence-electron chi connectivity index (χ0n) is 11.7. The fourth-order valence-electron chi connectivity index (χ4n) is 1.73. The van der Waals surface area contributed by atoms with E-state index < -0.39 is 0 Å². The average molecular weight is 315 g/mol. The first-order valence-electron chi connectivity index (χ1n) is 6.90. The smallest absolute Gasteiger partial charge is 0.240 e. The molecule has 0 unspecified atom stereocenters. The van der Waals surface area contributed by atoms with Gasteiger partial charge in [-0.2, -0.15) is 5.10 Å². The molecular formula is C15H20Cl2N2O. The van der Waals surface area contributed by atoms with Crippen LogP contribution in [0.3, 0.4) is 0 Å². The second-order valence-corrected chi connectivity index (χ2v) is 5.47. The highest BCUT2D eigenvalue weighted by Crippen LogP contribution is 2.19. The van der Waals surface area contributed by atoms with Crippen LogP contribution in [0.25, 0.3) is 0 Å². The Bertz CT molecular complexity index is 461. The van der Waals surface area contributed by atoms with Crippen molar-refractivity contribution in [3.05, 3.63) is 33.8 Å². The number of amides is 1. The van der Waals surface area contributed by atoms with Crippen LogP contribution in [-0.4, -0.2) is 12.1 Å². The van der Waals surface area contributed by atoms with Crippen LogP contribution >= 0.6 is 23.2 Å². The van der Waals surface area contributed by atoms with Crippen LogP contribution < -0.4 is 5.43 Å². The van der Waals surface area contributed by atoms with Gasteiger partial charge in [0.2, 0.25) is 5.91 Å². The summed E-state index contributed by atoms with van der Waals surface area (Å²) in [6, 6.07) is 5.12. The van der Waals surface area contributed by atoms with Gasteiger partial charge >= 0.3 is 0 Å². The van der Waals surface area contributed by atoms with E-state index in [4.69, 9.17) is 23.2 Å². The summed E-state index contributed by atoms with van der Waals surface area (Å²) in [5.41, 5.74) is 3.22. The highest BCUT2D eigenvalue weighted by atomic mass is 35.5. The number of carbonyl (C=O) groups is 1. The van der Waals surface area contributed by atoms with Crippen molar-refractivity contribution < 1.29 is 4.79 Å². The zero-order chi connectivity index (χ0) is 14.8. The van der Waals surface area contributed by atoms with Crippen molar-refractivity contribution in [3.63, 3.8) is 0 Å². The third-order valence-corrected chi connectivity index (χ3v) is 3.43. The van der Waals surface area contributed by atoms with E-state index >= 15 is 0 Å². The monoisotopic (exact) mass is 314 g/mol. The molecule has 110 valence electrons. The molecule has 0 atom stereocenters. The summed E-state index contributed by atoms with van der Waals surface area (Å²) in [6.07, 6.45) is 7.65. The maximum atomic E-state index is 11.5. The number of halogens is 2. The van der Waals surface area contributed by atoms with Gasteiger partial charge in [-0.3, -0.25) is 4.79 Å². The lowest BCUT2D eigenvalue weighted by Gasteiger charge is -2.01. The largest absolute Gasteiger partial charge is 0.273 e. The van der Waals surface area contributed by atoms with Gasteiger partial charge in [0.15, 0.2) is 0 Å². The minimum atomic E-state index is -0.0668. The molecule has 1 amide bonds. The summed E-state index contributed by atoms with van der Waals surface area (Å²) >= 11 is 11.8. The molecule has 0 bridgehead atoms. The Morgan fingerprint density at radius 3 is 2.70 bits per heavy atom. The number of unbranched alkanes of at least 4 members (excludes halogenated alkanes) is 4. The molecule has 0 fully saturated rings. The highest BCUT2D eigenvalue weighted by Gasteiger charge is 2.00. The van der Waals surface area contributed by atoms with Crippen molar-refractivity contribution in [2.45, 2.75) is 45.4 Å². The fraction of sp³-hybridized carbons (Fsp3) is 0.467. The van der Waals surface area contributed by atoms with E-state index in [0.29, 0.717) is 16.5 Å². The number of nitrogens with one attached hydrogen (secondary N) is 1. The number of rotatable bonds is 8. The Balaban J connectivity index is 2.28. The molecule has 0 aliphatic carbocycles. The maximum absolute atomic E-state index is 11.5. The van der Waals surface area contributed by atoms with Crippen LogP contribution in [0.1, 0.15) is 51.0 Å². The Kier molecular flexibility index (Phi) is 8.31. The van der Waals surface area contributed by atoms with Crippen LogP contribution in [-0.2, 0) is 4.79 Å². The minimum absolute atomic E-state index is 0.0668. The summed E-state index contributed by atoms with van der Waals surface area (Å²) in [6.45, 7) is 2.17. The van der Waals surface area contributed by atoms with Gasteiger partial charge in [0.05, 0.1) is 11.2 Å². The minimum Gasteiger partial charge on any atom is -0.273 e. The van der Waals surface area contributed by atoms with Crippen molar-refractivity contribution in [3.8, 4) is 0 Å². The van der Waals surface area contributed by atoms with E-state index in [1.165, 1.54) is 25.5 Å². The predicted octanol–water partition coefficient (Wildman–Crippen LogP) is 4.80. The second-order valence-electron chi connectivity index (χ2n) is 4.62. The summed E-state index contributed by atoms with van der Waals surface area (Å²) < 4.78 is 0. The number of nitrogens with zero attached hydrogens (tertiary/aromatic N) is 1. The molecule has 1 rings (SSSR count). The van der Waals surface area contributed by atoms with E-state index in [-0.39, 0.29) is 5.91 Å². The quantitative estimate of drug-likeness (QED) is 0.418. The number of benzene rings is 1. The molecule has 1 aromatic rings. The normalized spacial score (nSPS) is 10.9. The second kappa shape index (κ2) is 9.78. The highest BCUT2D eigenvalue weighted by molar-refractivity contribution is 6.36. The molecule has 0 aliphatic heterocycles. The molecule has 5 heteroatoms. The van der Waals surface area contributed by atoms with Gasteiger partial charge in [0, 0.05) is 17.0 Å². The number of carbonyl (C=O) groups excluding carboxylic acids is 1. The Morgan fingerprint density at radius 2 is 2.00 bits per heavy atom. The molecule has 1 aromatic carbocycles.